The van der Waals surface area contributed by atoms with E-state index in [-0.39, 0.29) is 6.61 Å². The summed E-state index contributed by atoms with van der Waals surface area (Å²) in [6, 6.07) is 0. The molecule has 0 aliphatic carbocycles. The molecule has 0 aromatic heterocycles. The van der Waals surface area contributed by atoms with Crippen LogP contribution in [0.4, 0.5) is 8.78 Å². The van der Waals surface area contributed by atoms with Crippen LogP contribution in [-0.2, 0) is 4.74 Å². The van der Waals surface area contributed by atoms with Crippen molar-refractivity contribution in [2.75, 3.05) is 13.2 Å². The molecule has 3 unspecified atom stereocenters. The van der Waals surface area contributed by atoms with Gasteiger partial charge in [0.25, 0.3) is 0 Å². The van der Waals surface area contributed by atoms with E-state index >= 15 is 0 Å². The second kappa shape index (κ2) is 2.58. The van der Waals surface area contributed by atoms with Gasteiger partial charge in [-0.1, -0.05) is 0 Å². The predicted molar refractivity (Wildman–Crippen MR) is 26.6 cm³/mol. The molecular weight excluding hydrogens is 130 g/mol. The minimum Gasteiger partial charge on any atom is -0.394 e. The van der Waals surface area contributed by atoms with Crippen molar-refractivity contribution in [2.24, 2.45) is 0 Å². The quantitative estimate of drug-likeness (QED) is 0.555. The second-order valence-corrected chi connectivity index (χ2v) is 2.01. The Balaban J connectivity index is 2.41. The molecular formula is C5H8F2O2. The Bertz CT molecular complexity index is 99.0. The van der Waals surface area contributed by atoms with Gasteiger partial charge in [-0.3, -0.25) is 0 Å². The van der Waals surface area contributed by atoms with Crippen molar-refractivity contribution >= 4 is 0 Å². The zero-order valence-corrected chi connectivity index (χ0v) is 4.76. The summed E-state index contributed by atoms with van der Waals surface area (Å²) >= 11 is 0. The monoisotopic (exact) mass is 138 g/mol. The van der Waals surface area contributed by atoms with Crippen molar-refractivity contribution in [3.63, 3.8) is 0 Å². The molecule has 4 heteroatoms. The molecule has 3 atom stereocenters. The van der Waals surface area contributed by atoms with E-state index in [2.05, 4.69) is 4.74 Å². The number of hydrogen-bond donors (Lipinski definition) is 1. The van der Waals surface area contributed by atoms with Crippen LogP contribution in [-0.4, -0.2) is 36.8 Å². The third-order valence-corrected chi connectivity index (χ3v) is 1.35. The Labute approximate surface area is 51.4 Å². The fourth-order valence-electron chi connectivity index (χ4n) is 0.786. The van der Waals surface area contributed by atoms with Crippen molar-refractivity contribution in [1.82, 2.24) is 0 Å². The fraction of sp³-hybridized carbons (Fsp3) is 1.00. The van der Waals surface area contributed by atoms with Gasteiger partial charge in [-0.2, -0.15) is 0 Å². The minimum atomic E-state index is -1.64. The third-order valence-electron chi connectivity index (χ3n) is 1.35. The van der Waals surface area contributed by atoms with Gasteiger partial charge in [0.1, 0.15) is 6.10 Å². The summed E-state index contributed by atoms with van der Waals surface area (Å²) in [5.74, 6) is 0. The molecule has 1 aliphatic rings. The normalized spacial score (nSPS) is 43.7. The molecule has 2 nitrogen and oxygen atoms in total. The zero-order valence-electron chi connectivity index (χ0n) is 4.76. The lowest BCUT2D eigenvalue weighted by molar-refractivity contribution is 0.0304. The van der Waals surface area contributed by atoms with Gasteiger partial charge < -0.3 is 9.84 Å². The van der Waals surface area contributed by atoms with Gasteiger partial charge >= 0.3 is 0 Å². The van der Waals surface area contributed by atoms with Crippen LogP contribution in [0, 0.1) is 0 Å². The predicted octanol–water partition coefficient (Wildman–Crippen LogP) is 0.0537. The SMILES string of the molecule is OCC1OCC(F)C1F. The summed E-state index contributed by atoms with van der Waals surface area (Å²) in [6.45, 7) is -0.673. The topological polar surface area (TPSA) is 29.5 Å². The second-order valence-electron chi connectivity index (χ2n) is 2.01. The van der Waals surface area contributed by atoms with Crippen LogP contribution in [0.25, 0.3) is 0 Å². The van der Waals surface area contributed by atoms with Crippen LogP contribution < -0.4 is 0 Å². The van der Waals surface area contributed by atoms with E-state index in [1.165, 1.54) is 0 Å². The lowest BCUT2D eigenvalue weighted by Crippen LogP contribution is -2.25. The maximum atomic E-state index is 12.3. The van der Waals surface area contributed by atoms with E-state index < -0.39 is 25.1 Å². The molecule has 0 aromatic carbocycles. The molecule has 0 saturated carbocycles. The first kappa shape index (κ1) is 6.89. The van der Waals surface area contributed by atoms with Crippen molar-refractivity contribution in [3.05, 3.63) is 0 Å². The van der Waals surface area contributed by atoms with Crippen LogP contribution in [0.5, 0.6) is 0 Å². The van der Waals surface area contributed by atoms with Crippen molar-refractivity contribution in [3.8, 4) is 0 Å². The van der Waals surface area contributed by atoms with E-state index in [1.807, 2.05) is 0 Å². The summed E-state index contributed by atoms with van der Waals surface area (Å²) in [5.41, 5.74) is 0. The van der Waals surface area contributed by atoms with Crippen LogP contribution in [0.1, 0.15) is 0 Å². The van der Waals surface area contributed by atoms with Gasteiger partial charge in [-0.25, -0.2) is 8.78 Å². The molecule has 9 heavy (non-hydrogen) atoms. The van der Waals surface area contributed by atoms with Gasteiger partial charge in [0.05, 0.1) is 13.2 Å². The number of halogens is 2. The average molecular weight is 138 g/mol. The van der Waals surface area contributed by atoms with Gasteiger partial charge in [0.15, 0.2) is 12.3 Å². The highest BCUT2D eigenvalue weighted by molar-refractivity contribution is 4.82. The van der Waals surface area contributed by atoms with Crippen LogP contribution >= 0.6 is 0 Å². The number of hydrogen-bond acceptors (Lipinski definition) is 2. The molecule has 54 valence electrons. The third kappa shape index (κ3) is 1.19. The molecule has 0 spiro atoms. The lowest BCUT2D eigenvalue weighted by Gasteiger charge is -2.06. The summed E-state index contributed by atoms with van der Waals surface area (Å²) < 4.78 is 29.0. The van der Waals surface area contributed by atoms with E-state index in [4.69, 9.17) is 5.11 Å². The van der Waals surface area contributed by atoms with Gasteiger partial charge in [-0.15, -0.1) is 0 Å². The van der Waals surface area contributed by atoms with Crippen LogP contribution in [0.2, 0.25) is 0 Å². The smallest absolute Gasteiger partial charge is 0.162 e. The molecule has 0 radical (unpaired) electrons. The summed E-state index contributed by atoms with van der Waals surface area (Å²) in [4.78, 5) is 0. The highest BCUT2D eigenvalue weighted by Crippen LogP contribution is 2.19. The van der Waals surface area contributed by atoms with Crippen LogP contribution in [0.15, 0.2) is 0 Å². The fourth-order valence-corrected chi connectivity index (χ4v) is 0.786. The zero-order chi connectivity index (χ0) is 6.85. The van der Waals surface area contributed by atoms with E-state index in [1.54, 1.807) is 0 Å². The Hall–Kier alpha value is -0.220. The van der Waals surface area contributed by atoms with Gasteiger partial charge in [0, 0.05) is 0 Å². The molecule has 1 N–H and O–H groups in total. The first-order chi connectivity index (χ1) is 4.25. The summed E-state index contributed by atoms with van der Waals surface area (Å²) in [7, 11) is 0. The number of aliphatic hydroxyl groups excluding tert-OH is 1. The first-order valence-corrected chi connectivity index (χ1v) is 2.76. The highest BCUT2D eigenvalue weighted by atomic mass is 19.2. The molecule has 0 amide bonds. The number of alkyl halides is 2. The number of rotatable bonds is 1. The largest absolute Gasteiger partial charge is 0.394 e. The van der Waals surface area contributed by atoms with E-state index in [9.17, 15) is 8.78 Å². The summed E-state index contributed by atoms with van der Waals surface area (Å²) in [6.07, 6.45) is -4.14. The van der Waals surface area contributed by atoms with Crippen molar-refractivity contribution in [2.45, 2.75) is 18.4 Å². The average Bonchev–Trinajstić information content (AvgIpc) is 2.15. The van der Waals surface area contributed by atoms with Gasteiger partial charge in [-0.05, 0) is 0 Å². The maximum absolute atomic E-state index is 12.3. The van der Waals surface area contributed by atoms with Crippen molar-refractivity contribution in [1.29, 1.82) is 0 Å². The Morgan fingerprint density at radius 2 is 2.22 bits per heavy atom. The molecule has 1 aliphatic heterocycles. The molecule has 1 fully saturated rings. The molecule has 1 heterocycles. The number of ether oxygens (including phenoxy) is 1. The van der Waals surface area contributed by atoms with Crippen molar-refractivity contribution < 1.29 is 18.6 Å². The molecule has 1 saturated heterocycles. The maximum Gasteiger partial charge on any atom is 0.162 e. The molecule has 0 bridgehead atoms. The van der Waals surface area contributed by atoms with E-state index in [0.29, 0.717) is 0 Å². The van der Waals surface area contributed by atoms with Gasteiger partial charge in [0.2, 0.25) is 0 Å². The Morgan fingerprint density at radius 3 is 2.44 bits per heavy atom. The first-order valence-electron chi connectivity index (χ1n) is 2.76. The molecule has 0 aromatic rings. The van der Waals surface area contributed by atoms with E-state index in [0.717, 1.165) is 0 Å². The number of aliphatic hydroxyl groups is 1. The molecule has 1 rings (SSSR count). The standard InChI is InChI=1S/C5H8F2O2/c6-3-2-9-4(1-8)5(3)7/h3-5,8H,1-2H2. The highest BCUT2D eigenvalue weighted by Gasteiger charge is 2.36. The lowest BCUT2D eigenvalue weighted by atomic mass is 10.2. The summed E-state index contributed by atoms with van der Waals surface area (Å²) in [5, 5.41) is 8.32. The minimum absolute atomic E-state index is 0.230. The van der Waals surface area contributed by atoms with Crippen LogP contribution in [0.3, 0.4) is 0 Å². The Kier molecular flexibility index (Phi) is 1.97. The Morgan fingerprint density at radius 1 is 1.56 bits per heavy atom.